The highest BCUT2D eigenvalue weighted by molar-refractivity contribution is 6.28. The lowest BCUT2D eigenvalue weighted by atomic mass is 10.1. The van der Waals surface area contributed by atoms with Crippen LogP contribution in [-0.2, 0) is 19.2 Å². The highest BCUT2D eigenvalue weighted by atomic mass is 16.5. The van der Waals surface area contributed by atoms with Crippen LogP contribution >= 0.6 is 0 Å². The van der Waals surface area contributed by atoms with Crippen LogP contribution in [0.1, 0.15) is 16.8 Å². The van der Waals surface area contributed by atoms with Crippen LogP contribution in [0.15, 0.2) is 36.4 Å². The third-order valence-corrected chi connectivity index (χ3v) is 3.60. The Morgan fingerprint density at radius 3 is 2.38 bits per heavy atom. The zero-order valence-corrected chi connectivity index (χ0v) is 12.1. The van der Waals surface area contributed by atoms with Gasteiger partial charge in [0.25, 0.3) is 29.5 Å². The van der Waals surface area contributed by atoms with Gasteiger partial charge in [-0.2, -0.15) is 5.06 Å². The third kappa shape index (κ3) is 2.57. The summed E-state index contributed by atoms with van der Waals surface area (Å²) in [6, 6.07) is 4.55. The molecule has 2 aliphatic rings. The summed E-state index contributed by atoms with van der Waals surface area (Å²) in [5.41, 5.74) is 0.303. The van der Waals surface area contributed by atoms with Crippen LogP contribution in [0.25, 0.3) is 0 Å². The van der Waals surface area contributed by atoms with E-state index in [0.29, 0.717) is 0 Å². The van der Waals surface area contributed by atoms with E-state index in [-0.39, 0.29) is 22.7 Å². The molecule has 5 amide bonds. The van der Waals surface area contributed by atoms with E-state index in [1.54, 1.807) is 0 Å². The Balaban J connectivity index is 1.78. The number of carbonyl (C=O) groups excluding carboxylic acids is 5. The highest BCUT2D eigenvalue weighted by Gasteiger charge is 2.39. The van der Waals surface area contributed by atoms with Crippen molar-refractivity contribution in [3.05, 3.63) is 42.0 Å². The minimum Gasteiger partial charge on any atom is -0.340 e. The molecule has 0 radical (unpaired) electrons. The number of nitrogens with one attached hydrogen (secondary N) is 1. The molecule has 9 nitrogen and oxygen atoms in total. The molecule has 0 spiro atoms. The van der Waals surface area contributed by atoms with Crippen LogP contribution in [0.4, 0.5) is 5.69 Å². The van der Waals surface area contributed by atoms with E-state index in [2.05, 4.69) is 5.32 Å². The van der Waals surface area contributed by atoms with Crippen molar-refractivity contribution in [3.8, 4) is 0 Å². The Morgan fingerprint density at radius 2 is 1.79 bits per heavy atom. The van der Waals surface area contributed by atoms with Gasteiger partial charge in [0, 0.05) is 17.7 Å². The number of carbonyl (C=O) groups is 5. The molecule has 0 aromatic heterocycles. The van der Waals surface area contributed by atoms with Crippen molar-refractivity contribution in [3.63, 3.8) is 0 Å². The van der Waals surface area contributed by atoms with E-state index >= 15 is 0 Å². The quantitative estimate of drug-likeness (QED) is 0.561. The molecule has 2 heterocycles. The highest BCUT2D eigenvalue weighted by Crippen LogP contribution is 2.20. The van der Waals surface area contributed by atoms with Crippen molar-refractivity contribution < 1.29 is 29.2 Å². The second kappa shape index (κ2) is 5.70. The Morgan fingerprint density at radius 1 is 1.12 bits per heavy atom. The van der Waals surface area contributed by atoms with Gasteiger partial charge in [0.1, 0.15) is 6.04 Å². The molecule has 0 bridgehead atoms. The van der Waals surface area contributed by atoms with Crippen LogP contribution in [0.3, 0.4) is 0 Å². The fourth-order valence-corrected chi connectivity index (χ4v) is 2.41. The molecular weight excluding hydrogens is 318 g/mol. The maximum absolute atomic E-state index is 12.2. The summed E-state index contributed by atoms with van der Waals surface area (Å²) in [7, 11) is 0. The van der Waals surface area contributed by atoms with Gasteiger partial charge in [-0.3, -0.25) is 29.2 Å². The number of hydroxylamine groups is 2. The van der Waals surface area contributed by atoms with E-state index in [4.69, 9.17) is 5.21 Å². The summed E-state index contributed by atoms with van der Waals surface area (Å²) >= 11 is 0. The number of hydrogen-bond acceptors (Lipinski definition) is 6. The molecule has 2 N–H and O–H groups in total. The molecule has 1 atom stereocenters. The van der Waals surface area contributed by atoms with Crippen molar-refractivity contribution in [2.45, 2.75) is 12.5 Å². The monoisotopic (exact) mass is 329 g/mol. The van der Waals surface area contributed by atoms with Gasteiger partial charge in [-0.05, 0) is 18.2 Å². The van der Waals surface area contributed by atoms with Crippen molar-refractivity contribution in [1.82, 2.24) is 10.4 Å². The lowest BCUT2D eigenvalue weighted by Crippen LogP contribution is -2.40. The number of anilines is 1. The molecule has 9 heteroatoms. The van der Waals surface area contributed by atoms with Gasteiger partial charge in [0.05, 0.1) is 12.1 Å². The number of nitrogens with zero attached hydrogens (tertiary/aromatic N) is 2. The van der Waals surface area contributed by atoms with Gasteiger partial charge in [-0.1, -0.05) is 6.07 Å². The third-order valence-electron chi connectivity index (χ3n) is 3.60. The Kier molecular flexibility index (Phi) is 3.70. The Hall–Kier alpha value is -3.33. The van der Waals surface area contributed by atoms with Gasteiger partial charge < -0.3 is 5.32 Å². The first-order valence-electron chi connectivity index (χ1n) is 6.91. The average molecular weight is 329 g/mol. The molecule has 1 unspecified atom stereocenters. The smallest absolute Gasteiger partial charge is 0.276 e. The predicted molar refractivity (Wildman–Crippen MR) is 77.6 cm³/mol. The van der Waals surface area contributed by atoms with Crippen LogP contribution in [-0.4, -0.2) is 45.8 Å². The van der Waals surface area contributed by atoms with E-state index in [0.717, 1.165) is 17.1 Å². The first kappa shape index (κ1) is 15.6. The number of imide groups is 2. The fraction of sp³-hybridized carbons (Fsp3) is 0.133. The second-order valence-corrected chi connectivity index (χ2v) is 5.17. The second-order valence-electron chi connectivity index (χ2n) is 5.17. The van der Waals surface area contributed by atoms with Crippen LogP contribution in [0.2, 0.25) is 0 Å². The standard InChI is InChI=1S/C15H11N3O6/c19-11-4-5-12(20)17(11)9-3-1-2-8(6-9)14(22)16-10-7-13(21)18(24)15(10)23/h1-6,10,24H,7H2,(H,16,22). The summed E-state index contributed by atoms with van der Waals surface area (Å²) in [5.74, 6) is -3.45. The number of hydrogen-bond donors (Lipinski definition) is 2. The zero-order chi connectivity index (χ0) is 17.4. The summed E-state index contributed by atoms with van der Waals surface area (Å²) in [4.78, 5) is 59.2. The first-order chi connectivity index (χ1) is 11.4. The molecule has 1 aromatic carbocycles. The lowest BCUT2D eigenvalue weighted by Gasteiger charge is -2.15. The minimum atomic E-state index is -1.16. The zero-order valence-electron chi connectivity index (χ0n) is 12.1. The van der Waals surface area contributed by atoms with Crippen LogP contribution < -0.4 is 10.2 Å². The molecule has 1 aromatic rings. The van der Waals surface area contributed by atoms with E-state index in [1.807, 2.05) is 0 Å². The molecular formula is C15H11N3O6. The van der Waals surface area contributed by atoms with Gasteiger partial charge in [-0.25, -0.2) is 4.90 Å². The molecule has 3 rings (SSSR count). The van der Waals surface area contributed by atoms with Crippen molar-refractivity contribution >= 4 is 35.2 Å². The summed E-state index contributed by atoms with van der Waals surface area (Å²) < 4.78 is 0. The molecule has 1 saturated heterocycles. The van der Waals surface area contributed by atoms with Crippen molar-refractivity contribution in [2.75, 3.05) is 4.90 Å². The lowest BCUT2D eigenvalue weighted by molar-refractivity contribution is -0.171. The molecule has 2 aliphatic heterocycles. The van der Waals surface area contributed by atoms with Crippen molar-refractivity contribution in [1.29, 1.82) is 0 Å². The fourth-order valence-electron chi connectivity index (χ4n) is 2.41. The summed E-state index contributed by atoms with van der Waals surface area (Å²) in [6.45, 7) is 0. The van der Waals surface area contributed by atoms with Gasteiger partial charge >= 0.3 is 0 Å². The van der Waals surface area contributed by atoms with E-state index in [9.17, 15) is 24.0 Å². The van der Waals surface area contributed by atoms with Gasteiger partial charge in [-0.15, -0.1) is 0 Å². The molecule has 1 fully saturated rings. The summed E-state index contributed by atoms with van der Waals surface area (Å²) in [6.07, 6.45) is 1.90. The Labute approximate surface area is 135 Å². The number of rotatable bonds is 3. The normalized spacial score (nSPS) is 20.3. The largest absolute Gasteiger partial charge is 0.340 e. The SMILES string of the molecule is O=C(NC1CC(=O)N(O)C1=O)c1cccc(N2C(=O)C=CC2=O)c1. The molecule has 122 valence electrons. The number of amides is 5. The summed E-state index contributed by atoms with van der Waals surface area (Å²) in [5, 5.41) is 11.5. The molecule has 24 heavy (non-hydrogen) atoms. The first-order valence-corrected chi connectivity index (χ1v) is 6.91. The van der Waals surface area contributed by atoms with Gasteiger partial charge in [0.2, 0.25) is 0 Å². The Bertz CT molecular complexity index is 797. The maximum Gasteiger partial charge on any atom is 0.276 e. The van der Waals surface area contributed by atoms with Gasteiger partial charge in [0.15, 0.2) is 0 Å². The number of benzene rings is 1. The maximum atomic E-state index is 12.2. The van der Waals surface area contributed by atoms with E-state index < -0.39 is 35.6 Å². The van der Waals surface area contributed by atoms with Crippen LogP contribution in [0, 0.1) is 0 Å². The van der Waals surface area contributed by atoms with E-state index in [1.165, 1.54) is 24.3 Å². The van der Waals surface area contributed by atoms with Crippen LogP contribution in [0.5, 0.6) is 0 Å². The topological polar surface area (TPSA) is 124 Å². The minimum absolute atomic E-state index is 0.0331. The van der Waals surface area contributed by atoms with Crippen molar-refractivity contribution in [2.24, 2.45) is 0 Å². The predicted octanol–water partition coefficient (Wildman–Crippen LogP) is -0.638. The molecule has 0 saturated carbocycles. The molecule has 0 aliphatic carbocycles. The average Bonchev–Trinajstić information content (AvgIpc) is 3.02.